The molecule has 0 aliphatic rings. The average Bonchev–Trinajstić information content (AvgIpc) is 2.39. The minimum atomic E-state index is -0.242. The SMILES string of the molecule is NC(=S)c1cccc(NC(=O)c2cncc(Br)c2)c1. The van der Waals surface area contributed by atoms with Crippen LogP contribution < -0.4 is 11.1 Å². The van der Waals surface area contributed by atoms with E-state index in [0.717, 1.165) is 4.47 Å². The van der Waals surface area contributed by atoms with Gasteiger partial charge in [-0.15, -0.1) is 0 Å². The maximum absolute atomic E-state index is 12.0. The van der Waals surface area contributed by atoms with Gasteiger partial charge in [-0.1, -0.05) is 24.4 Å². The summed E-state index contributed by atoms with van der Waals surface area (Å²) < 4.78 is 0.747. The third-order valence-electron chi connectivity index (χ3n) is 2.37. The summed E-state index contributed by atoms with van der Waals surface area (Å²) in [5.74, 6) is -0.242. The van der Waals surface area contributed by atoms with Gasteiger partial charge < -0.3 is 11.1 Å². The summed E-state index contributed by atoms with van der Waals surface area (Å²) in [6.45, 7) is 0. The van der Waals surface area contributed by atoms with E-state index in [0.29, 0.717) is 21.8 Å². The zero-order chi connectivity index (χ0) is 13.8. The Morgan fingerprint density at radius 1 is 1.26 bits per heavy atom. The lowest BCUT2D eigenvalue weighted by molar-refractivity contribution is 0.102. The summed E-state index contributed by atoms with van der Waals surface area (Å²) in [4.78, 5) is 16.2. The molecule has 4 nitrogen and oxygen atoms in total. The van der Waals surface area contributed by atoms with Crippen LogP contribution in [-0.2, 0) is 0 Å². The zero-order valence-electron chi connectivity index (χ0n) is 9.76. The largest absolute Gasteiger partial charge is 0.389 e. The molecule has 2 aromatic rings. The van der Waals surface area contributed by atoms with E-state index < -0.39 is 0 Å². The summed E-state index contributed by atoms with van der Waals surface area (Å²) in [5, 5.41) is 2.77. The highest BCUT2D eigenvalue weighted by molar-refractivity contribution is 9.10. The van der Waals surface area contributed by atoms with E-state index in [2.05, 4.69) is 26.2 Å². The number of benzene rings is 1. The molecule has 0 aliphatic carbocycles. The third kappa shape index (κ3) is 3.59. The van der Waals surface area contributed by atoms with Crippen molar-refractivity contribution in [2.45, 2.75) is 0 Å². The first-order chi connectivity index (χ1) is 9.06. The summed E-state index contributed by atoms with van der Waals surface area (Å²) in [5.41, 5.74) is 7.36. The Kier molecular flexibility index (Phi) is 4.24. The first-order valence-electron chi connectivity index (χ1n) is 5.38. The number of aromatic nitrogens is 1. The number of thiocarbonyl (C=S) groups is 1. The smallest absolute Gasteiger partial charge is 0.257 e. The molecular formula is C13H10BrN3OS. The summed E-state index contributed by atoms with van der Waals surface area (Å²) in [6.07, 6.45) is 3.11. The van der Waals surface area contributed by atoms with Crippen LogP contribution >= 0.6 is 28.1 Å². The molecule has 0 saturated carbocycles. The average molecular weight is 336 g/mol. The van der Waals surface area contributed by atoms with Crippen molar-refractivity contribution >= 4 is 44.7 Å². The number of nitrogens with one attached hydrogen (secondary N) is 1. The van der Waals surface area contributed by atoms with Gasteiger partial charge in [0.1, 0.15) is 4.99 Å². The van der Waals surface area contributed by atoms with Crippen LogP contribution in [0, 0.1) is 0 Å². The second-order valence-corrected chi connectivity index (χ2v) is 5.15. The number of halogens is 1. The van der Waals surface area contributed by atoms with Gasteiger partial charge in [0.25, 0.3) is 5.91 Å². The quantitative estimate of drug-likeness (QED) is 0.846. The van der Waals surface area contributed by atoms with Gasteiger partial charge in [0.05, 0.1) is 5.56 Å². The van der Waals surface area contributed by atoms with Crippen molar-refractivity contribution in [3.05, 3.63) is 58.3 Å². The lowest BCUT2D eigenvalue weighted by Gasteiger charge is -2.07. The molecule has 0 saturated heterocycles. The molecule has 0 fully saturated rings. The number of carbonyl (C=O) groups is 1. The Labute approximate surface area is 124 Å². The molecule has 0 aliphatic heterocycles. The Morgan fingerprint density at radius 3 is 2.74 bits per heavy atom. The molecule has 0 atom stereocenters. The molecule has 1 aromatic heterocycles. The van der Waals surface area contributed by atoms with Crippen LogP contribution in [0.25, 0.3) is 0 Å². The maximum atomic E-state index is 12.0. The standard InChI is InChI=1S/C13H10BrN3OS/c14-10-4-9(6-16-7-10)13(18)17-11-3-1-2-8(5-11)12(15)19/h1-7H,(H2,15,19)(H,17,18). The molecule has 3 N–H and O–H groups in total. The fourth-order valence-corrected chi connectivity index (χ4v) is 1.98. The van der Waals surface area contributed by atoms with Crippen molar-refractivity contribution in [1.29, 1.82) is 0 Å². The van der Waals surface area contributed by atoms with E-state index in [1.807, 2.05) is 0 Å². The van der Waals surface area contributed by atoms with E-state index in [1.54, 1.807) is 36.5 Å². The number of anilines is 1. The normalized spacial score (nSPS) is 9.95. The third-order valence-corrected chi connectivity index (χ3v) is 3.04. The van der Waals surface area contributed by atoms with Crippen LogP contribution in [0.5, 0.6) is 0 Å². The number of rotatable bonds is 3. The predicted molar refractivity (Wildman–Crippen MR) is 82.2 cm³/mol. The number of nitrogens with zero attached hydrogens (tertiary/aromatic N) is 1. The lowest BCUT2D eigenvalue weighted by atomic mass is 10.2. The fraction of sp³-hybridized carbons (Fsp3) is 0. The van der Waals surface area contributed by atoms with Gasteiger partial charge in [0.15, 0.2) is 0 Å². The second-order valence-electron chi connectivity index (χ2n) is 3.79. The summed E-state index contributed by atoms with van der Waals surface area (Å²) in [7, 11) is 0. The van der Waals surface area contributed by atoms with Gasteiger partial charge in [-0.05, 0) is 34.1 Å². The topological polar surface area (TPSA) is 68.0 Å². The molecule has 0 bridgehead atoms. The van der Waals surface area contributed by atoms with E-state index in [9.17, 15) is 4.79 Å². The highest BCUT2D eigenvalue weighted by Gasteiger charge is 2.07. The highest BCUT2D eigenvalue weighted by atomic mass is 79.9. The van der Waals surface area contributed by atoms with E-state index in [4.69, 9.17) is 18.0 Å². The van der Waals surface area contributed by atoms with Gasteiger partial charge in [-0.3, -0.25) is 9.78 Å². The minimum Gasteiger partial charge on any atom is -0.389 e. The molecule has 96 valence electrons. The van der Waals surface area contributed by atoms with Gasteiger partial charge in [0.2, 0.25) is 0 Å². The number of hydrogen-bond acceptors (Lipinski definition) is 3. The van der Waals surface area contributed by atoms with E-state index in [1.165, 1.54) is 6.20 Å². The molecule has 6 heteroatoms. The van der Waals surface area contributed by atoms with Crippen LogP contribution in [0.1, 0.15) is 15.9 Å². The minimum absolute atomic E-state index is 0.242. The molecule has 0 spiro atoms. The van der Waals surface area contributed by atoms with Crippen molar-refractivity contribution in [2.75, 3.05) is 5.32 Å². The first kappa shape index (κ1) is 13.6. The zero-order valence-corrected chi connectivity index (χ0v) is 12.2. The van der Waals surface area contributed by atoms with Gasteiger partial charge in [-0.2, -0.15) is 0 Å². The predicted octanol–water partition coefficient (Wildman–Crippen LogP) is 2.73. The Balaban J connectivity index is 2.19. The van der Waals surface area contributed by atoms with E-state index >= 15 is 0 Å². The van der Waals surface area contributed by atoms with Gasteiger partial charge in [-0.25, -0.2) is 0 Å². The number of hydrogen-bond donors (Lipinski definition) is 2. The van der Waals surface area contributed by atoms with Crippen LogP contribution in [0.15, 0.2) is 47.2 Å². The molecule has 0 unspecified atom stereocenters. The van der Waals surface area contributed by atoms with Crippen molar-refractivity contribution in [3.8, 4) is 0 Å². The van der Waals surface area contributed by atoms with Crippen molar-refractivity contribution in [2.24, 2.45) is 5.73 Å². The van der Waals surface area contributed by atoms with Crippen LogP contribution in [-0.4, -0.2) is 15.9 Å². The molecule has 0 radical (unpaired) electrons. The second kappa shape index (κ2) is 5.90. The Bertz CT molecular complexity index is 645. The number of nitrogens with two attached hydrogens (primary N) is 1. The molecule has 19 heavy (non-hydrogen) atoms. The molecule has 2 rings (SSSR count). The van der Waals surface area contributed by atoms with E-state index in [-0.39, 0.29) is 5.91 Å². The molecule has 1 aromatic carbocycles. The van der Waals surface area contributed by atoms with Crippen LogP contribution in [0.2, 0.25) is 0 Å². The highest BCUT2D eigenvalue weighted by Crippen LogP contribution is 2.14. The summed E-state index contributed by atoms with van der Waals surface area (Å²) >= 11 is 8.17. The number of pyridine rings is 1. The van der Waals surface area contributed by atoms with Crippen molar-refractivity contribution < 1.29 is 4.79 Å². The van der Waals surface area contributed by atoms with Crippen LogP contribution in [0.4, 0.5) is 5.69 Å². The van der Waals surface area contributed by atoms with Gasteiger partial charge >= 0.3 is 0 Å². The lowest BCUT2D eigenvalue weighted by Crippen LogP contribution is -2.14. The number of carbonyl (C=O) groups excluding carboxylic acids is 1. The van der Waals surface area contributed by atoms with Gasteiger partial charge in [0, 0.05) is 28.1 Å². The molecule has 1 amide bonds. The monoisotopic (exact) mass is 335 g/mol. The molecular weight excluding hydrogens is 326 g/mol. The summed E-state index contributed by atoms with van der Waals surface area (Å²) in [6, 6.07) is 8.76. The Morgan fingerprint density at radius 2 is 2.05 bits per heavy atom. The Hall–Kier alpha value is -1.79. The van der Waals surface area contributed by atoms with Crippen molar-refractivity contribution in [1.82, 2.24) is 4.98 Å². The fourth-order valence-electron chi connectivity index (χ4n) is 1.49. The number of amides is 1. The molecule has 1 heterocycles. The van der Waals surface area contributed by atoms with Crippen molar-refractivity contribution in [3.63, 3.8) is 0 Å². The maximum Gasteiger partial charge on any atom is 0.257 e. The van der Waals surface area contributed by atoms with Crippen LogP contribution in [0.3, 0.4) is 0 Å². The first-order valence-corrected chi connectivity index (χ1v) is 6.58.